The number of anilines is 2. The smallest absolute Gasteiger partial charge is 0.322 e. The Morgan fingerprint density at radius 1 is 1.20 bits per heavy atom. The monoisotopic (exact) mass is 277 g/mol. The van der Waals surface area contributed by atoms with Crippen molar-refractivity contribution in [3.8, 4) is 0 Å². The number of nitrogens with one attached hydrogen (secondary N) is 1. The van der Waals surface area contributed by atoms with E-state index in [1.807, 2.05) is 57.1 Å². The van der Waals surface area contributed by atoms with Crippen LogP contribution >= 0.6 is 0 Å². The summed E-state index contributed by atoms with van der Waals surface area (Å²) >= 11 is 0. The summed E-state index contributed by atoms with van der Waals surface area (Å²) in [4.78, 5) is 16.1. The lowest BCUT2D eigenvalue weighted by Crippen LogP contribution is -2.49. The van der Waals surface area contributed by atoms with Crippen LogP contribution in [0.1, 0.15) is 13.8 Å². The zero-order chi connectivity index (χ0) is 14.7. The largest absolute Gasteiger partial charge is 0.378 e. The molecule has 0 radical (unpaired) electrons. The van der Waals surface area contributed by atoms with Crippen LogP contribution in [0.3, 0.4) is 0 Å². The molecule has 2 rings (SSSR count). The summed E-state index contributed by atoms with van der Waals surface area (Å²) in [6.45, 7) is 5.24. The van der Waals surface area contributed by atoms with E-state index >= 15 is 0 Å². The number of hydrogen-bond acceptors (Lipinski definition) is 3. The number of morpholine rings is 1. The SMILES string of the molecule is CC1CN(C(=O)Nc2ccc(N(C)C)cc2)CC(C)O1. The van der Waals surface area contributed by atoms with Crippen LogP contribution in [0.25, 0.3) is 0 Å². The van der Waals surface area contributed by atoms with Crippen molar-refractivity contribution in [3.05, 3.63) is 24.3 Å². The first-order chi connectivity index (χ1) is 9.45. The van der Waals surface area contributed by atoms with Gasteiger partial charge in [0.05, 0.1) is 12.2 Å². The third-order valence-corrected chi connectivity index (χ3v) is 3.34. The fraction of sp³-hybridized carbons (Fsp3) is 0.533. The molecule has 1 aromatic rings. The van der Waals surface area contributed by atoms with Crippen LogP contribution in [0.4, 0.5) is 16.2 Å². The van der Waals surface area contributed by atoms with Crippen molar-refractivity contribution < 1.29 is 9.53 Å². The summed E-state index contributed by atoms with van der Waals surface area (Å²) in [7, 11) is 3.98. The Kier molecular flexibility index (Phi) is 4.49. The molecule has 1 N–H and O–H groups in total. The molecule has 1 heterocycles. The van der Waals surface area contributed by atoms with Gasteiger partial charge in [-0.1, -0.05) is 0 Å². The van der Waals surface area contributed by atoms with E-state index in [2.05, 4.69) is 5.32 Å². The maximum atomic E-state index is 12.2. The fourth-order valence-electron chi connectivity index (χ4n) is 2.39. The molecule has 5 heteroatoms. The summed E-state index contributed by atoms with van der Waals surface area (Å²) in [6, 6.07) is 7.74. The number of nitrogens with zero attached hydrogens (tertiary/aromatic N) is 2. The molecule has 2 amide bonds. The summed E-state index contributed by atoms with van der Waals surface area (Å²) in [5, 5.41) is 2.93. The minimum absolute atomic E-state index is 0.0652. The molecule has 1 saturated heterocycles. The highest BCUT2D eigenvalue weighted by Gasteiger charge is 2.25. The first kappa shape index (κ1) is 14.7. The Bertz CT molecular complexity index is 449. The lowest BCUT2D eigenvalue weighted by molar-refractivity contribution is -0.0530. The third kappa shape index (κ3) is 3.63. The molecule has 0 aliphatic carbocycles. The topological polar surface area (TPSA) is 44.8 Å². The minimum atomic E-state index is -0.0652. The summed E-state index contributed by atoms with van der Waals surface area (Å²) < 4.78 is 5.63. The standard InChI is InChI=1S/C15H23N3O2/c1-11-9-18(10-12(2)20-11)15(19)16-13-5-7-14(8-6-13)17(3)4/h5-8,11-12H,9-10H2,1-4H3,(H,16,19). The number of ether oxygens (including phenoxy) is 1. The van der Waals surface area contributed by atoms with Crippen molar-refractivity contribution in [2.24, 2.45) is 0 Å². The summed E-state index contributed by atoms with van der Waals surface area (Å²) in [6.07, 6.45) is 0.168. The van der Waals surface area contributed by atoms with E-state index in [9.17, 15) is 4.79 Å². The highest BCUT2D eigenvalue weighted by Crippen LogP contribution is 2.17. The van der Waals surface area contributed by atoms with E-state index < -0.39 is 0 Å². The molecule has 0 saturated carbocycles. The Hall–Kier alpha value is -1.75. The number of hydrogen-bond donors (Lipinski definition) is 1. The van der Waals surface area contributed by atoms with Gasteiger partial charge in [0.1, 0.15) is 0 Å². The number of amides is 2. The average Bonchev–Trinajstić information content (AvgIpc) is 2.38. The van der Waals surface area contributed by atoms with Gasteiger partial charge in [0.2, 0.25) is 0 Å². The van der Waals surface area contributed by atoms with Gasteiger partial charge in [-0.25, -0.2) is 4.79 Å². The number of urea groups is 1. The van der Waals surface area contributed by atoms with Crippen LogP contribution in [-0.4, -0.2) is 50.3 Å². The van der Waals surface area contributed by atoms with Gasteiger partial charge in [0, 0.05) is 38.6 Å². The predicted molar refractivity (Wildman–Crippen MR) is 81.4 cm³/mol. The number of carbonyl (C=O) groups excluding carboxylic acids is 1. The quantitative estimate of drug-likeness (QED) is 0.903. The lowest BCUT2D eigenvalue weighted by atomic mass is 10.2. The van der Waals surface area contributed by atoms with Crippen molar-refractivity contribution in [1.29, 1.82) is 0 Å². The maximum Gasteiger partial charge on any atom is 0.322 e. The Morgan fingerprint density at radius 3 is 2.25 bits per heavy atom. The molecular weight excluding hydrogens is 254 g/mol. The normalized spacial score (nSPS) is 22.5. The molecule has 0 bridgehead atoms. The highest BCUT2D eigenvalue weighted by atomic mass is 16.5. The van der Waals surface area contributed by atoms with Crippen molar-refractivity contribution in [2.75, 3.05) is 37.4 Å². The summed E-state index contributed by atoms with van der Waals surface area (Å²) in [5.41, 5.74) is 1.92. The lowest BCUT2D eigenvalue weighted by Gasteiger charge is -2.35. The van der Waals surface area contributed by atoms with E-state index in [0.29, 0.717) is 13.1 Å². The zero-order valence-electron chi connectivity index (χ0n) is 12.6. The maximum absolute atomic E-state index is 12.2. The van der Waals surface area contributed by atoms with E-state index in [0.717, 1.165) is 11.4 Å². The number of carbonyl (C=O) groups is 1. The zero-order valence-corrected chi connectivity index (χ0v) is 12.6. The van der Waals surface area contributed by atoms with Crippen molar-refractivity contribution >= 4 is 17.4 Å². The Morgan fingerprint density at radius 2 is 1.75 bits per heavy atom. The van der Waals surface area contributed by atoms with E-state index in [1.165, 1.54) is 0 Å². The second-order valence-electron chi connectivity index (χ2n) is 5.53. The molecule has 2 unspecified atom stereocenters. The van der Waals surface area contributed by atoms with Crippen LogP contribution in [0.15, 0.2) is 24.3 Å². The van der Waals surface area contributed by atoms with Crippen molar-refractivity contribution in [1.82, 2.24) is 4.90 Å². The van der Waals surface area contributed by atoms with E-state index in [1.54, 1.807) is 4.90 Å². The molecule has 1 fully saturated rings. The third-order valence-electron chi connectivity index (χ3n) is 3.34. The van der Waals surface area contributed by atoms with Crippen LogP contribution in [0.5, 0.6) is 0 Å². The second kappa shape index (κ2) is 6.13. The van der Waals surface area contributed by atoms with E-state index in [4.69, 9.17) is 4.74 Å². The van der Waals surface area contributed by atoms with Crippen molar-refractivity contribution in [2.45, 2.75) is 26.1 Å². The molecule has 1 aromatic carbocycles. The van der Waals surface area contributed by atoms with Crippen LogP contribution in [-0.2, 0) is 4.74 Å². The van der Waals surface area contributed by atoms with Crippen molar-refractivity contribution in [3.63, 3.8) is 0 Å². The van der Waals surface area contributed by atoms with Gasteiger partial charge < -0.3 is 19.9 Å². The molecule has 20 heavy (non-hydrogen) atoms. The number of rotatable bonds is 2. The van der Waals surface area contributed by atoms with Gasteiger partial charge in [-0.3, -0.25) is 0 Å². The van der Waals surface area contributed by atoms with Crippen LogP contribution in [0, 0.1) is 0 Å². The Balaban J connectivity index is 1.97. The molecule has 0 aromatic heterocycles. The van der Waals surface area contributed by atoms with Gasteiger partial charge in [-0.15, -0.1) is 0 Å². The molecule has 2 atom stereocenters. The first-order valence-corrected chi connectivity index (χ1v) is 6.94. The van der Waals surface area contributed by atoms with Crippen LogP contribution < -0.4 is 10.2 Å². The van der Waals surface area contributed by atoms with E-state index in [-0.39, 0.29) is 18.2 Å². The van der Waals surface area contributed by atoms with Gasteiger partial charge in [0.15, 0.2) is 0 Å². The van der Waals surface area contributed by atoms with Gasteiger partial charge in [0.25, 0.3) is 0 Å². The van der Waals surface area contributed by atoms with Crippen LogP contribution in [0.2, 0.25) is 0 Å². The minimum Gasteiger partial charge on any atom is -0.378 e. The molecular formula is C15H23N3O2. The summed E-state index contributed by atoms with van der Waals surface area (Å²) in [5.74, 6) is 0. The molecule has 0 spiro atoms. The van der Waals surface area contributed by atoms with Gasteiger partial charge in [-0.05, 0) is 38.1 Å². The number of benzene rings is 1. The molecule has 110 valence electrons. The Labute approximate surface area is 120 Å². The molecule has 5 nitrogen and oxygen atoms in total. The molecule has 1 aliphatic heterocycles. The first-order valence-electron chi connectivity index (χ1n) is 6.94. The highest BCUT2D eigenvalue weighted by molar-refractivity contribution is 5.89. The molecule has 1 aliphatic rings. The average molecular weight is 277 g/mol. The van der Waals surface area contributed by atoms with Gasteiger partial charge in [-0.2, -0.15) is 0 Å². The predicted octanol–water partition coefficient (Wildman–Crippen LogP) is 2.39. The fourth-order valence-corrected chi connectivity index (χ4v) is 2.39. The van der Waals surface area contributed by atoms with Gasteiger partial charge >= 0.3 is 6.03 Å². The second-order valence-corrected chi connectivity index (χ2v) is 5.53.